The summed E-state index contributed by atoms with van der Waals surface area (Å²) in [6, 6.07) is 3.52. The summed E-state index contributed by atoms with van der Waals surface area (Å²) in [6.45, 7) is 2.06. The fourth-order valence-corrected chi connectivity index (χ4v) is 1.41. The third-order valence-electron chi connectivity index (χ3n) is 2.36. The average Bonchev–Trinajstić information content (AvgIpc) is 2.48. The molecule has 0 fully saturated rings. The number of hydrogen-bond donors (Lipinski definition) is 0. The fourth-order valence-electron chi connectivity index (χ4n) is 1.41. The maximum atomic E-state index is 11.4. The largest absolute Gasteiger partial charge is 0.495 e. The molecule has 0 bridgehead atoms. The van der Waals surface area contributed by atoms with Crippen molar-refractivity contribution in [3.8, 4) is 17.3 Å². The first-order valence-electron chi connectivity index (χ1n) is 5.74. The number of aromatic nitrogens is 3. The second kappa shape index (κ2) is 5.90. The second-order valence-electron chi connectivity index (χ2n) is 3.60. The Labute approximate surface area is 110 Å². The number of nitrogens with zero attached hydrogens (tertiary/aromatic N) is 3. The van der Waals surface area contributed by atoms with Gasteiger partial charge in [-0.15, -0.1) is 0 Å². The average molecular weight is 259 g/mol. The maximum absolute atomic E-state index is 11.4. The van der Waals surface area contributed by atoms with E-state index in [4.69, 9.17) is 9.47 Å². The van der Waals surface area contributed by atoms with Gasteiger partial charge in [0.25, 0.3) is 0 Å². The molecule has 0 aliphatic rings. The molecule has 98 valence electrons. The van der Waals surface area contributed by atoms with Gasteiger partial charge in [0.2, 0.25) is 0 Å². The molecule has 0 unspecified atom stereocenters. The standard InChI is InChI=1S/C13H13N3O3/c1-3-19-13(17)9-6-15-12(16-7-9)11-5-4-10(18-2)8-14-11/h4-8H,3H2,1-2H3. The highest BCUT2D eigenvalue weighted by atomic mass is 16.5. The molecule has 6 heteroatoms. The lowest BCUT2D eigenvalue weighted by atomic mass is 10.3. The molecule has 2 aromatic heterocycles. The summed E-state index contributed by atoms with van der Waals surface area (Å²) >= 11 is 0. The quantitative estimate of drug-likeness (QED) is 0.778. The van der Waals surface area contributed by atoms with Crippen LogP contribution in [0.25, 0.3) is 11.5 Å². The molecule has 2 aromatic rings. The minimum Gasteiger partial charge on any atom is -0.495 e. The van der Waals surface area contributed by atoms with Crippen molar-refractivity contribution in [2.75, 3.05) is 13.7 Å². The van der Waals surface area contributed by atoms with Gasteiger partial charge in [-0.3, -0.25) is 0 Å². The molecule has 0 saturated carbocycles. The number of carbonyl (C=O) groups excluding carboxylic acids is 1. The normalized spacial score (nSPS) is 10.0. The fraction of sp³-hybridized carbons (Fsp3) is 0.231. The number of rotatable bonds is 4. The molecule has 0 N–H and O–H groups in total. The van der Waals surface area contributed by atoms with Crippen LogP contribution >= 0.6 is 0 Å². The third kappa shape index (κ3) is 3.04. The zero-order valence-electron chi connectivity index (χ0n) is 10.7. The summed E-state index contributed by atoms with van der Waals surface area (Å²) in [7, 11) is 1.57. The Morgan fingerprint density at radius 3 is 2.42 bits per heavy atom. The van der Waals surface area contributed by atoms with Crippen molar-refractivity contribution < 1.29 is 14.3 Å². The first-order chi connectivity index (χ1) is 9.24. The van der Waals surface area contributed by atoms with E-state index in [9.17, 15) is 4.79 Å². The highest BCUT2D eigenvalue weighted by molar-refractivity contribution is 5.88. The molecule has 19 heavy (non-hydrogen) atoms. The molecule has 0 saturated heterocycles. The van der Waals surface area contributed by atoms with Gasteiger partial charge in [0.05, 0.1) is 25.5 Å². The van der Waals surface area contributed by atoms with Crippen molar-refractivity contribution in [1.82, 2.24) is 15.0 Å². The number of esters is 1. The summed E-state index contributed by atoms with van der Waals surface area (Å²) in [5.41, 5.74) is 0.926. The Hall–Kier alpha value is -2.50. The van der Waals surface area contributed by atoms with Crippen molar-refractivity contribution in [2.24, 2.45) is 0 Å². The van der Waals surface area contributed by atoms with E-state index in [-0.39, 0.29) is 0 Å². The molecule has 0 aliphatic carbocycles. The number of methoxy groups -OCH3 is 1. The highest BCUT2D eigenvalue weighted by Gasteiger charge is 2.09. The monoisotopic (exact) mass is 259 g/mol. The topological polar surface area (TPSA) is 74.2 Å². The van der Waals surface area contributed by atoms with E-state index in [2.05, 4.69) is 15.0 Å². The van der Waals surface area contributed by atoms with Crippen molar-refractivity contribution in [1.29, 1.82) is 0 Å². The Bertz CT molecular complexity index is 552. The van der Waals surface area contributed by atoms with Gasteiger partial charge in [0.15, 0.2) is 5.82 Å². The van der Waals surface area contributed by atoms with Crippen LogP contribution < -0.4 is 4.74 Å². The SMILES string of the molecule is CCOC(=O)c1cnc(-c2ccc(OC)cn2)nc1. The van der Waals surface area contributed by atoms with Gasteiger partial charge < -0.3 is 9.47 Å². The zero-order valence-corrected chi connectivity index (χ0v) is 10.7. The van der Waals surface area contributed by atoms with Crippen LogP contribution in [-0.2, 0) is 4.74 Å². The summed E-state index contributed by atoms with van der Waals surface area (Å²) < 4.78 is 9.87. The van der Waals surface area contributed by atoms with Gasteiger partial charge in [0.1, 0.15) is 11.4 Å². The number of ether oxygens (including phenoxy) is 2. The van der Waals surface area contributed by atoms with Crippen molar-refractivity contribution in [2.45, 2.75) is 6.92 Å². The number of pyridine rings is 1. The van der Waals surface area contributed by atoms with Gasteiger partial charge >= 0.3 is 5.97 Å². The molecule has 0 atom stereocenters. The summed E-state index contributed by atoms with van der Waals surface area (Å²) in [6.07, 6.45) is 4.43. The van der Waals surface area contributed by atoms with Crippen LogP contribution in [-0.4, -0.2) is 34.6 Å². The molecule has 2 heterocycles. The Balaban J connectivity index is 2.19. The minimum absolute atomic E-state index is 0.319. The van der Waals surface area contributed by atoms with Gasteiger partial charge in [-0.1, -0.05) is 0 Å². The smallest absolute Gasteiger partial charge is 0.341 e. The van der Waals surface area contributed by atoms with Crippen LogP contribution in [0.1, 0.15) is 17.3 Å². The predicted molar refractivity (Wildman–Crippen MR) is 67.8 cm³/mol. The van der Waals surface area contributed by atoms with Gasteiger partial charge in [0, 0.05) is 12.4 Å². The summed E-state index contributed by atoms with van der Waals surface area (Å²) in [5.74, 6) is 0.666. The van der Waals surface area contributed by atoms with Crippen LogP contribution in [0.2, 0.25) is 0 Å². The molecule has 2 rings (SSSR count). The third-order valence-corrected chi connectivity index (χ3v) is 2.36. The lowest BCUT2D eigenvalue weighted by molar-refractivity contribution is 0.0525. The van der Waals surface area contributed by atoms with E-state index < -0.39 is 5.97 Å². The summed E-state index contributed by atoms with van der Waals surface area (Å²) in [5, 5.41) is 0. The Morgan fingerprint density at radius 2 is 1.89 bits per heavy atom. The molecule has 0 radical (unpaired) electrons. The van der Waals surface area contributed by atoms with Crippen molar-refractivity contribution >= 4 is 5.97 Å². The van der Waals surface area contributed by atoms with E-state index in [1.54, 1.807) is 32.4 Å². The molecular weight excluding hydrogens is 246 g/mol. The molecule has 0 spiro atoms. The van der Waals surface area contributed by atoms with Gasteiger partial charge in [-0.2, -0.15) is 0 Å². The Kier molecular flexibility index (Phi) is 4.02. The summed E-state index contributed by atoms with van der Waals surface area (Å²) in [4.78, 5) is 23.8. The van der Waals surface area contributed by atoms with Crippen molar-refractivity contribution in [3.05, 3.63) is 36.3 Å². The van der Waals surface area contributed by atoms with E-state index in [1.807, 2.05) is 0 Å². The second-order valence-corrected chi connectivity index (χ2v) is 3.60. The predicted octanol–water partition coefficient (Wildman–Crippen LogP) is 1.72. The molecular formula is C13H13N3O3. The van der Waals surface area contributed by atoms with E-state index in [1.165, 1.54) is 12.4 Å². The van der Waals surface area contributed by atoms with Crippen LogP contribution in [0.4, 0.5) is 0 Å². The lowest BCUT2D eigenvalue weighted by Gasteiger charge is -2.03. The zero-order chi connectivity index (χ0) is 13.7. The van der Waals surface area contributed by atoms with Crippen LogP contribution in [0.15, 0.2) is 30.7 Å². The van der Waals surface area contributed by atoms with Gasteiger partial charge in [-0.25, -0.2) is 19.7 Å². The first-order valence-corrected chi connectivity index (χ1v) is 5.74. The lowest BCUT2D eigenvalue weighted by Crippen LogP contribution is -2.06. The maximum Gasteiger partial charge on any atom is 0.341 e. The van der Waals surface area contributed by atoms with Crippen LogP contribution in [0.5, 0.6) is 5.75 Å². The minimum atomic E-state index is -0.434. The van der Waals surface area contributed by atoms with Crippen LogP contribution in [0, 0.1) is 0 Å². The Morgan fingerprint density at radius 1 is 1.16 bits per heavy atom. The van der Waals surface area contributed by atoms with E-state index >= 15 is 0 Å². The first kappa shape index (κ1) is 12.9. The molecule has 0 aromatic carbocycles. The van der Waals surface area contributed by atoms with Crippen molar-refractivity contribution in [3.63, 3.8) is 0 Å². The van der Waals surface area contributed by atoms with E-state index in [0.717, 1.165) is 0 Å². The molecule has 6 nitrogen and oxygen atoms in total. The van der Waals surface area contributed by atoms with Gasteiger partial charge in [-0.05, 0) is 19.1 Å². The number of hydrogen-bond acceptors (Lipinski definition) is 6. The van der Waals surface area contributed by atoms with Crippen LogP contribution in [0.3, 0.4) is 0 Å². The highest BCUT2D eigenvalue weighted by Crippen LogP contribution is 2.15. The molecule has 0 aliphatic heterocycles. The number of carbonyl (C=O) groups is 1. The molecule has 0 amide bonds. The van der Waals surface area contributed by atoms with E-state index in [0.29, 0.717) is 29.4 Å².